The third kappa shape index (κ3) is 7.37. The Morgan fingerprint density at radius 2 is 1.72 bits per heavy atom. The fraction of sp³-hybridized carbons (Fsp3) is 0.526. The van der Waals surface area contributed by atoms with Crippen molar-refractivity contribution in [2.45, 2.75) is 52.5 Å². The minimum absolute atomic E-state index is 0.00859. The molecule has 0 fully saturated rings. The minimum Gasteiger partial charge on any atom is -0.454 e. The zero-order valence-corrected chi connectivity index (χ0v) is 15.6. The van der Waals surface area contributed by atoms with Gasteiger partial charge in [0.2, 0.25) is 0 Å². The molecule has 2 N–H and O–H groups in total. The third-order valence-corrected chi connectivity index (χ3v) is 3.79. The van der Waals surface area contributed by atoms with E-state index in [1.54, 1.807) is 12.1 Å². The maximum absolute atomic E-state index is 12.0. The van der Waals surface area contributed by atoms with E-state index in [0.29, 0.717) is 5.56 Å². The van der Waals surface area contributed by atoms with Crippen molar-refractivity contribution < 1.29 is 19.1 Å². The molecule has 0 aromatic heterocycles. The smallest absolute Gasteiger partial charge is 0.325 e. The molecular weight excluding hydrogens is 320 g/mol. The van der Waals surface area contributed by atoms with Gasteiger partial charge in [-0.1, -0.05) is 39.8 Å². The van der Waals surface area contributed by atoms with E-state index in [1.807, 2.05) is 26.0 Å². The van der Waals surface area contributed by atoms with E-state index in [0.717, 1.165) is 12.0 Å². The summed E-state index contributed by atoms with van der Waals surface area (Å²) in [5.41, 5.74) is 1.60. The summed E-state index contributed by atoms with van der Waals surface area (Å²) in [6.07, 6.45) is 0.795. The lowest BCUT2D eigenvalue weighted by molar-refractivity contribution is -0.147. The number of carbonyl (C=O) groups excluding carboxylic acids is 3. The maximum atomic E-state index is 12.0. The predicted molar refractivity (Wildman–Crippen MR) is 96.3 cm³/mol. The summed E-state index contributed by atoms with van der Waals surface area (Å²) in [7, 11) is 0. The second-order valence-electron chi connectivity index (χ2n) is 7.05. The Morgan fingerprint density at radius 1 is 1.12 bits per heavy atom. The van der Waals surface area contributed by atoms with Gasteiger partial charge < -0.3 is 15.4 Å². The molecule has 0 saturated heterocycles. The van der Waals surface area contributed by atoms with Gasteiger partial charge in [-0.3, -0.25) is 14.4 Å². The van der Waals surface area contributed by atoms with E-state index in [1.165, 1.54) is 0 Å². The maximum Gasteiger partial charge on any atom is 0.325 e. The van der Waals surface area contributed by atoms with Crippen LogP contribution in [0.5, 0.6) is 0 Å². The Balaban J connectivity index is 2.40. The van der Waals surface area contributed by atoms with E-state index < -0.39 is 5.97 Å². The van der Waals surface area contributed by atoms with Crippen LogP contribution in [-0.4, -0.2) is 37.0 Å². The van der Waals surface area contributed by atoms with Crippen LogP contribution in [0.3, 0.4) is 0 Å². The third-order valence-electron chi connectivity index (χ3n) is 3.79. The lowest BCUT2D eigenvalue weighted by Crippen LogP contribution is -2.37. The number of nitrogens with one attached hydrogen (secondary N) is 2. The normalized spacial score (nSPS) is 12.2. The summed E-state index contributed by atoms with van der Waals surface area (Å²) in [6, 6.07) is 7.27. The topological polar surface area (TPSA) is 84.5 Å². The van der Waals surface area contributed by atoms with Gasteiger partial charge in [0.25, 0.3) is 11.8 Å². The highest BCUT2D eigenvalue weighted by atomic mass is 16.5. The number of benzene rings is 1. The molecule has 0 saturated carbocycles. The second kappa shape index (κ2) is 9.20. The van der Waals surface area contributed by atoms with Crippen LogP contribution in [0.1, 0.15) is 57.0 Å². The second-order valence-corrected chi connectivity index (χ2v) is 7.05. The Hall–Kier alpha value is -2.37. The molecule has 25 heavy (non-hydrogen) atoms. The fourth-order valence-corrected chi connectivity index (χ4v) is 1.99. The van der Waals surface area contributed by atoms with Crippen molar-refractivity contribution in [2.75, 3.05) is 13.2 Å². The molecule has 1 atom stereocenters. The molecule has 6 nitrogen and oxygen atoms in total. The largest absolute Gasteiger partial charge is 0.454 e. The van der Waals surface area contributed by atoms with Gasteiger partial charge >= 0.3 is 5.97 Å². The van der Waals surface area contributed by atoms with Gasteiger partial charge in [-0.25, -0.2) is 0 Å². The molecular formula is C19H28N2O4. The molecule has 1 rings (SSSR count). The number of ether oxygens (including phenoxy) is 1. The van der Waals surface area contributed by atoms with Gasteiger partial charge in [-0.2, -0.15) is 0 Å². The van der Waals surface area contributed by atoms with E-state index in [-0.39, 0.29) is 36.4 Å². The molecule has 0 aliphatic heterocycles. The molecule has 0 heterocycles. The zero-order chi connectivity index (χ0) is 19.0. The van der Waals surface area contributed by atoms with Gasteiger partial charge in [-0.05, 0) is 36.5 Å². The van der Waals surface area contributed by atoms with E-state index in [2.05, 4.69) is 31.4 Å². The predicted octanol–water partition coefficient (Wildman–Crippen LogP) is 2.17. The SMILES string of the molecule is CC[C@@H](C)NC(=O)COC(=O)CNC(=O)c1ccc(C(C)(C)C)cc1. The van der Waals surface area contributed by atoms with Crippen LogP contribution in [0, 0.1) is 0 Å². The Labute approximate surface area is 149 Å². The summed E-state index contributed by atoms with van der Waals surface area (Å²) < 4.78 is 4.83. The highest BCUT2D eigenvalue weighted by Crippen LogP contribution is 2.22. The monoisotopic (exact) mass is 348 g/mol. The van der Waals surface area contributed by atoms with Crippen LogP contribution in [0.4, 0.5) is 0 Å². The number of esters is 1. The van der Waals surface area contributed by atoms with Gasteiger partial charge in [0, 0.05) is 11.6 Å². The van der Waals surface area contributed by atoms with Gasteiger partial charge in [0.1, 0.15) is 6.54 Å². The molecule has 1 aromatic carbocycles. The number of hydrogen-bond acceptors (Lipinski definition) is 4. The first-order valence-corrected chi connectivity index (χ1v) is 8.47. The zero-order valence-electron chi connectivity index (χ0n) is 15.6. The van der Waals surface area contributed by atoms with Gasteiger partial charge in [0.05, 0.1) is 0 Å². The molecule has 0 aliphatic carbocycles. The molecule has 0 radical (unpaired) electrons. The summed E-state index contributed by atoms with van der Waals surface area (Å²) >= 11 is 0. The average molecular weight is 348 g/mol. The molecule has 0 aliphatic rings. The van der Waals surface area contributed by atoms with Crippen molar-refractivity contribution >= 4 is 17.8 Å². The number of rotatable bonds is 7. The lowest BCUT2D eigenvalue weighted by atomic mass is 9.87. The van der Waals surface area contributed by atoms with Crippen molar-refractivity contribution in [3.8, 4) is 0 Å². The minimum atomic E-state index is -0.654. The lowest BCUT2D eigenvalue weighted by Gasteiger charge is -2.19. The molecule has 0 bridgehead atoms. The standard InChI is InChI=1S/C19H28N2O4/c1-6-13(2)21-16(22)12-25-17(23)11-20-18(24)14-7-9-15(10-8-14)19(3,4)5/h7-10,13H,6,11-12H2,1-5H3,(H,20,24)(H,21,22)/t13-/m1/s1. The summed E-state index contributed by atoms with van der Waals surface area (Å²) in [6.45, 7) is 9.46. The highest BCUT2D eigenvalue weighted by molar-refractivity contribution is 5.96. The van der Waals surface area contributed by atoms with Crippen LogP contribution in [-0.2, 0) is 19.7 Å². The number of hydrogen-bond donors (Lipinski definition) is 2. The molecule has 2 amide bonds. The highest BCUT2D eigenvalue weighted by Gasteiger charge is 2.15. The summed E-state index contributed by atoms with van der Waals surface area (Å²) in [5.74, 6) is -1.37. The Bertz CT molecular complexity index is 603. The quantitative estimate of drug-likeness (QED) is 0.740. The number of carbonyl (C=O) groups is 3. The van der Waals surface area contributed by atoms with Crippen LogP contribution >= 0.6 is 0 Å². The Kier molecular flexibility index (Phi) is 7.61. The first-order chi connectivity index (χ1) is 11.6. The van der Waals surface area contributed by atoms with Gasteiger partial charge in [-0.15, -0.1) is 0 Å². The van der Waals surface area contributed by atoms with Crippen molar-refractivity contribution in [2.24, 2.45) is 0 Å². The Morgan fingerprint density at radius 3 is 2.24 bits per heavy atom. The van der Waals surface area contributed by atoms with Gasteiger partial charge in [0.15, 0.2) is 6.61 Å². The van der Waals surface area contributed by atoms with Crippen molar-refractivity contribution in [3.05, 3.63) is 35.4 Å². The van der Waals surface area contributed by atoms with Crippen LogP contribution in [0.15, 0.2) is 24.3 Å². The van der Waals surface area contributed by atoms with E-state index >= 15 is 0 Å². The van der Waals surface area contributed by atoms with Crippen LogP contribution in [0.2, 0.25) is 0 Å². The van der Waals surface area contributed by atoms with Crippen molar-refractivity contribution in [1.82, 2.24) is 10.6 Å². The molecule has 138 valence electrons. The fourth-order valence-electron chi connectivity index (χ4n) is 1.99. The summed E-state index contributed by atoms with van der Waals surface area (Å²) in [5, 5.41) is 5.18. The molecule has 0 unspecified atom stereocenters. The van der Waals surface area contributed by atoms with Crippen LogP contribution < -0.4 is 10.6 Å². The molecule has 0 spiro atoms. The molecule has 1 aromatic rings. The van der Waals surface area contributed by atoms with Crippen LogP contribution in [0.25, 0.3) is 0 Å². The number of amides is 2. The van der Waals surface area contributed by atoms with E-state index in [4.69, 9.17) is 4.74 Å². The van der Waals surface area contributed by atoms with Crippen molar-refractivity contribution in [3.63, 3.8) is 0 Å². The first-order valence-electron chi connectivity index (χ1n) is 8.47. The first kappa shape index (κ1) is 20.7. The van der Waals surface area contributed by atoms with Crippen molar-refractivity contribution in [1.29, 1.82) is 0 Å². The molecule has 6 heteroatoms. The van der Waals surface area contributed by atoms with E-state index in [9.17, 15) is 14.4 Å². The average Bonchev–Trinajstić information content (AvgIpc) is 2.57. The summed E-state index contributed by atoms with van der Waals surface area (Å²) in [4.78, 5) is 35.2.